The molecule has 1 aliphatic rings. The van der Waals surface area contributed by atoms with E-state index in [9.17, 15) is 19.2 Å². The van der Waals surface area contributed by atoms with Gasteiger partial charge in [0.2, 0.25) is 0 Å². The maximum atomic E-state index is 13.3. The minimum absolute atomic E-state index is 0.0271. The van der Waals surface area contributed by atoms with E-state index in [-0.39, 0.29) is 32.2 Å². The van der Waals surface area contributed by atoms with Crippen molar-refractivity contribution >= 4 is 24.1 Å². The summed E-state index contributed by atoms with van der Waals surface area (Å²) in [5.74, 6) is -1.50. The molecule has 11 heteroatoms. The summed E-state index contributed by atoms with van der Waals surface area (Å²) < 4.78 is 16.1. The van der Waals surface area contributed by atoms with Gasteiger partial charge in [-0.15, -0.1) is 0 Å². The van der Waals surface area contributed by atoms with Crippen LogP contribution in [0.3, 0.4) is 0 Å². The number of amides is 3. The Labute approximate surface area is 234 Å². The van der Waals surface area contributed by atoms with Crippen LogP contribution in [0, 0.1) is 5.92 Å². The number of ether oxygens (including phenoxy) is 3. The zero-order valence-electron chi connectivity index (χ0n) is 23.0. The van der Waals surface area contributed by atoms with Gasteiger partial charge >= 0.3 is 24.1 Å². The number of hydrogen-bond donors (Lipinski definition) is 2. The number of nitrogens with one attached hydrogen (secondary N) is 1. The number of alkyl carbamates (subject to hydrolysis) is 1. The van der Waals surface area contributed by atoms with Crippen molar-refractivity contribution in [3.05, 3.63) is 71.8 Å². The fourth-order valence-electron chi connectivity index (χ4n) is 4.09. The third-order valence-corrected chi connectivity index (χ3v) is 6.25. The van der Waals surface area contributed by atoms with Gasteiger partial charge < -0.3 is 25.3 Å². The largest absolute Gasteiger partial charge is 0.465 e. The number of nitrogens with two attached hydrogens (primary N) is 1. The molecule has 2 atom stereocenters. The first-order chi connectivity index (χ1) is 19.2. The number of benzene rings is 2. The molecule has 0 aromatic heterocycles. The zero-order chi connectivity index (χ0) is 28.9. The van der Waals surface area contributed by atoms with Crippen molar-refractivity contribution in [2.24, 2.45) is 11.7 Å². The Balaban J connectivity index is 1.65. The number of esters is 2. The Morgan fingerprint density at radius 2 is 1.60 bits per heavy atom. The van der Waals surface area contributed by atoms with Gasteiger partial charge in [-0.3, -0.25) is 14.6 Å². The molecule has 216 valence electrons. The molecule has 0 radical (unpaired) electrons. The Morgan fingerprint density at radius 3 is 2.23 bits per heavy atom. The van der Waals surface area contributed by atoms with Crippen molar-refractivity contribution in [2.75, 3.05) is 32.8 Å². The van der Waals surface area contributed by atoms with Crippen LogP contribution < -0.4 is 11.1 Å². The lowest BCUT2D eigenvalue weighted by atomic mass is 10.1. The Kier molecular flexibility index (Phi) is 11.8. The highest BCUT2D eigenvalue weighted by Crippen LogP contribution is 2.15. The number of urea groups is 1. The van der Waals surface area contributed by atoms with Crippen molar-refractivity contribution in [2.45, 2.75) is 45.6 Å². The lowest BCUT2D eigenvalue weighted by Gasteiger charge is -2.40. The minimum Gasteiger partial charge on any atom is -0.465 e. The number of rotatable bonds is 12. The number of carbonyl (C=O) groups is 4. The quantitative estimate of drug-likeness (QED) is 0.301. The summed E-state index contributed by atoms with van der Waals surface area (Å²) in [4.78, 5) is 53.7. The van der Waals surface area contributed by atoms with Crippen LogP contribution in [0.1, 0.15) is 31.4 Å². The van der Waals surface area contributed by atoms with E-state index in [0.29, 0.717) is 13.1 Å². The third kappa shape index (κ3) is 10.2. The second-order valence-electron chi connectivity index (χ2n) is 10.00. The van der Waals surface area contributed by atoms with E-state index in [1.165, 1.54) is 4.90 Å². The predicted molar refractivity (Wildman–Crippen MR) is 147 cm³/mol. The molecule has 2 aromatic carbocycles. The van der Waals surface area contributed by atoms with E-state index in [0.717, 1.165) is 17.5 Å². The molecular formula is C29H38N4O7. The van der Waals surface area contributed by atoms with Crippen LogP contribution in [-0.2, 0) is 36.8 Å². The van der Waals surface area contributed by atoms with Crippen LogP contribution in [0.25, 0.3) is 0 Å². The first-order valence-electron chi connectivity index (χ1n) is 13.4. The minimum atomic E-state index is -1.39. The smallest absolute Gasteiger partial charge is 0.408 e. The summed E-state index contributed by atoms with van der Waals surface area (Å²) >= 11 is 0. The summed E-state index contributed by atoms with van der Waals surface area (Å²) in [6.07, 6.45) is -1.59. The van der Waals surface area contributed by atoms with Gasteiger partial charge in [0.15, 0.2) is 6.23 Å². The van der Waals surface area contributed by atoms with Crippen molar-refractivity contribution < 1.29 is 33.4 Å². The van der Waals surface area contributed by atoms with E-state index in [1.807, 2.05) is 50.2 Å². The van der Waals surface area contributed by atoms with E-state index in [1.54, 1.807) is 24.3 Å². The van der Waals surface area contributed by atoms with Crippen LogP contribution in [0.15, 0.2) is 60.7 Å². The van der Waals surface area contributed by atoms with Gasteiger partial charge in [0.05, 0.1) is 19.6 Å². The van der Waals surface area contributed by atoms with Gasteiger partial charge in [-0.2, -0.15) is 0 Å². The standard InChI is InChI=1S/C29H38N4O7/c1-21(2)19-38-26(34)17-24(31-29(37)39-20-23-11-7-4-8-12-23)27(35)40-25-18-32(15-16-33(25)28(30)36)14-13-22-9-5-3-6-10-22/h3-12,21,24-25H,13-20H2,1-2H3,(H2,30,36)(H,31,37)/t24-,25?/m0/s1. The fraction of sp³-hybridized carbons (Fsp3) is 0.448. The fourth-order valence-corrected chi connectivity index (χ4v) is 4.09. The van der Waals surface area contributed by atoms with E-state index in [2.05, 4.69) is 10.2 Å². The number of hydrogen-bond acceptors (Lipinski definition) is 8. The van der Waals surface area contributed by atoms with E-state index in [4.69, 9.17) is 19.9 Å². The van der Waals surface area contributed by atoms with Crippen molar-refractivity contribution in [1.29, 1.82) is 0 Å². The lowest BCUT2D eigenvalue weighted by molar-refractivity contribution is -0.166. The predicted octanol–water partition coefficient (Wildman–Crippen LogP) is 2.68. The molecule has 40 heavy (non-hydrogen) atoms. The molecular weight excluding hydrogens is 516 g/mol. The second kappa shape index (κ2) is 15.5. The molecule has 0 saturated carbocycles. The lowest BCUT2D eigenvalue weighted by Crippen LogP contribution is -2.59. The molecule has 3 amide bonds. The molecule has 11 nitrogen and oxygen atoms in total. The average Bonchev–Trinajstić information content (AvgIpc) is 2.94. The maximum Gasteiger partial charge on any atom is 0.408 e. The normalized spacial score (nSPS) is 16.2. The topological polar surface area (TPSA) is 140 Å². The van der Waals surface area contributed by atoms with Crippen LogP contribution in [0.5, 0.6) is 0 Å². The number of nitrogens with zero attached hydrogens (tertiary/aromatic N) is 2. The van der Waals surface area contributed by atoms with E-state index < -0.39 is 42.8 Å². The van der Waals surface area contributed by atoms with E-state index >= 15 is 0 Å². The van der Waals surface area contributed by atoms with Crippen LogP contribution in [-0.4, -0.2) is 78.9 Å². The van der Waals surface area contributed by atoms with Crippen LogP contribution in [0.4, 0.5) is 9.59 Å². The van der Waals surface area contributed by atoms with Crippen LogP contribution in [0.2, 0.25) is 0 Å². The van der Waals surface area contributed by atoms with Crippen molar-refractivity contribution in [3.63, 3.8) is 0 Å². The van der Waals surface area contributed by atoms with Crippen molar-refractivity contribution in [1.82, 2.24) is 15.1 Å². The third-order valence-electron chi connectivity index (χ3n) is 6.25. The highest BCUT2D eigenvalue weighted by molar-refractivity contribution is 5.86. The maximum absolute atomic E-state index is 13.3. The molecule has 1 aliphatic heterocycles. The summed E-state index contributed by atoms with van der Waals surface area (Å²) in [5, 5.41) is 2.41. The molecule has 1 fully saturated rings. The molecule has 0 aliphatic carbocycles. The molecule has 0 bridgehead atoms. The molecule has 1 unspecified atom stereocenters. The van der Waals surface area contributed by atoms with Crippen LogP contribution >= 0.6 is 0 Å². The number of primary amides is 1. The zero-order valence-corrected chi connectivity index (χ0v) is 23.0. The summed E-state index contributed by atoms with van der Waals surface area (Å²) in [5.41, 5.74) is 7.47. The molecule has 3 rings (SSSR count). The van der Waals surface area contributed by atoms with Crippen molar-refractivity contribution in [3.8, 4) is 0 Å². The van der Waals surface area contributed by atoms with Gasteiger partial charge in [-0.1, -0.05) is 74.5 Å². The molecule has 3 N–H and O–H groups in total. The summed E-state index contributed by atoms with van der Waals surface area (Å²) in [6, 6.07) is 16.8. The molecule has 2 aromatic rings. The number of carbonyl (C=O) groups excluding carboxylic acids is 4. The Hall–Kier alpha value is -4.12. The monoisotopic (exact) mass is 554 g/mol. The molecule has 0 spiro atoms. The first-order valence-corrected chi connectivity index (χ1v) is 13.4. The molecule has 1 saturated heterocycles. The van der Waals surface area contributed by atoms with Gasteiger partial charge in [-0.05, 0) is 23.5 Å². The first kappa shape index (κ1) is 30.4. The highest BCUT2D eigenvalue weighted by atomic mass is 16.6. The summed E-state index contributed by atoms with van der Waals surface area (Å²) in [7, 11) is 0. The average molecular weight is 555 g/mol. The SMILES string of the molecule is CC(C)COC(=O)C[C@H](NC(=O)OCc1ccccc1)C(=O)OC1CN(CCc2ccccc2)CCN1C(N)=O. The molecule has 1 heterocycles. The highest BCUT2D eigenvalue weighted by Gasteiger charge is 2.35. The van der Waals surface area contributed by atoms with Gasteiger partial charge in [0.1, 0.15) is 12.6 Å². The number of piperazine rings is 1. The second-order valence-corrected chi connectivity index (χ2v) is 10.00. The van der Waals surface area contributed by atoms with Gasteiger partial charge in [0.25, 0.3) is 0 Å². The Morgan fingerprint density at radius 1 is 0.950 bits per heavy atom. The summed E-state index contributed by atoms with van der Waals surface area (Å²) in [6.45, 7) is 5.61. The Bertz CT molecular complexity index is 1110. The van der Waals surface area contributed by atoms with Gasteiger partial charge in [0, 0.05) is 19.6 Å². The van der Waals surface area contributed by atoms with Gasteiger partial charge in [-0.25, -0.2) is 14.4 Å².